The Balaban J connectivity index is 1.05. The van der Waals surface area contributed by atoms with Crippen LogP contribution in [-0.2, 0) is 16.2 Å². The number of rotatable bonds is 9. The molecule has 3 aliphatic carbocycles. The van der Waals surface area contributed by atoms with Crippen molar-refractivity contribution >= 4 is 94.5 Å². The van der Waals surface area contributed by atoms with Crippen molar-refractivity contribution in [2.75, 3.05) is 0 Å². The standard InChI is InChI=1S/C75H60S3/c1-7-73(8-2)58-37-34-43(46-25-19-28-52-49-22-13-16-31-61(49)76-70(46)52)40-55(58)64-67(73)65-56-41-44(47-26-20-29-53-50-23-14-17-32-62(50)77-71(47)53)35-38-59(56)74(9-3,10-4)69(65)66-57-42-45(36-39-60(57)75(11-5,12-6)68(64)66)48-27-21-30-54-51-24-15-18-33-63(51)78-72(48)54/h13-42H,7-12H2,1-6H3. The SMILES string of the molecule is CCC1(CC)c2ccc(-c3cccc4c3sc3ccccc34)cc2-c2c1c1c(c3c2C(CC)(CC)c2ccc(-c4cccc5c4sc4ccccc45)cc2-3)C(CC)(CC)c2ccc(-c3cccc4c3sc3ccccc34)cc2-1. The summed E-state index contributed by atoms with van der Waals surface area (Å²) in [5.41, 5.74) is 25.7. The first-order chi connectivity index (χ1) is 38.3. The Labute approximate surface area is 469 Å². The molecule has 0 fully saturated rings. The minimum absolute atomic E-state index is 0.188. The third kappa shape index (κ3) is 5.85. The monoisotopic (exact) mass is 1060 g/mol. The van der Waals surface area contributed by atoms with Crippen molar-refractivity contribution < 1.29 is 0 Å². The van der Waals surface area contributed by atoms with Gasteiger partial charge in [0.2, 0.25) is 0 Å². The highest BCUT2D eigenvalue weighted by molar-refractivity contribution is 7.27. The number of benzene rings is 10. The molecule has 78 heavy (non-hydrogen) atoms. The maximum absolute atomic E-state index is 2.67. The number of fused-ring (bicyclic) bond motifs is 21. The lowest BCUT2D eigenvalue weighted by Gasteiger charge is -2.37. The Kier molecular flexibility index (Phi) is 10.2. The predicted molar refractivity (Wildman–Crippen MR) is 342 cm³/mol. The molecular weight excluding hydrogens is 997 g/mol. The third-order valence-electron chi connectivity index (χ3n) is 20.1. The lowest BCUT2D eigenvalue weighted by Crippen LogP contribution is -2.29. The van der Waals surface area contributed by atoms with Crippen LogP contribution in [0.25, 0.3) is 127 Å². The lowest BCUT2D eigenvalue weighted by atomic mass is 9.65. The van der Waals surface area contributed by atoms with E-state index in [1.165, 1.54) is 144 Å². The minimum Gasteiger partial charge on any atom is -0.135 e. The summed E-state index contributed by atoms with van der Waals surface area (Å²) in [7, 11) is 0. The van der Waals surface area contributed by atoms with Crippen LogP contribution in [0.1, 0.15) is 113 Å². The fourth-order valence-electron chi connectivity index (χ4n) is 16.3. The molecule has 0 atom stereocenters. The number of thiophene rings is 3. The molecular formula is C75H60S3. The second kappa shape index (κ2) is 16.9. The molecule has 0 unspecified atom stereocenters. The predicted octanol–water partition coefficient (Wildman–Crippen LogP) is 23.1. The van der Waals surface area contributed by atoms with Gasteiger partial charge >= 0.3 is 0 Å². The van der Waals surface area contributed by atoms with E-state index in [0.29, 0.717) is 0 Å². The molecule has 0 saturated heterocycles. The molecule has 3 aromatic heterocycles. The largest absolute Gasteiger partial charge is 0.135 e. The molecule has 378 valence electrons. The van der Waals surface area contributed by atoms with Gasteiger partial charge < -0.3 is 0 Å². The molecule has 0 aliphatic heterocycles. The van der Waals surface area contributed by atoms with Crippen molar-refractivity contribution in [2.24, 2.45) is 0 Å². The molecule has 0 bridgehead atoms. The maximum Gasteiger partial charge on any atom is 0.0433 e. The van der Waals surface area contributed by atoms with Crippen LogP contribution in [-0.4, -0.2) is 0 Å². The molecule has 0 saturated carbocycles. The second-order valence-corrected chi connectivity index (χ2v) is 25.9. The summed E-state index contributed by atoms with van der Waals surface area (Å²) in [6, 6.07) is 71.2. The van der Waals surface area contributed by atoms with E-state index in [-0.39, 0.29) is 16.2 Å². The van der Waals surface area contributed by atoms with E-state index >= 15 is 0 Å². The van der Waals surface area contributed by atoms with Gasteiger partial charge in [-0.1, -0.05) is 187 Å². The summed E-state index contributed by atoms with van der Waals surface area (Å²) in [5.74, 6) is 0. The van der Waals surface area contributed by atoms with Crippen molar-refractivity contribution in [2.45, 2.75) is 96.3 Å². The summed E-state index contributed by atoms with van der Waals surface area (Å²) in [4.78, 5) is 0. The van der Waals surface area contributed by atoms with Gasteiger partial charge in [0.25, 0.3) is 0 Å². The van der Waals surface area contributed by atoms with Gasteiger partial charge in [-0.2, -0.15) is 0 Å². The van der Waals surface area contributed by atoms with Crippen LogP contribution in [0.5, 0.6) is 0 Å². The quantitative estimate of drug-likeness (QED) is 0.135. The molecule has 16 rings (SSSR count). The van der Waals surface area contributed by atoms with Crippen molar-refractivity contribution in [1.29, 1.82) is 0 Å². The van der Waals surface area contributed by atoms with E-state index in [1.54, 1.807) is 16.7 Å². The highest BCUT2D eigenvalue weighted by atomic mass is 32.1. The summed E-state index contributed by atoms with van der Waals surface area (Å²) in [6.45, 7) is 15.0. The molecule has 13 aromatic rings. The van der Waals surface area contributed by atoms with E-state index in [4.69, 9.17) is 0 Å². The molecule has 3 heteroatoms. The van der Waals surface area contributed by atoms with E-state index in [1.807, 2.05) is 34.0 Å². The molecule has 3 heterocycles. The molecule has 0 amide bonds. The van der Waals surface area contributed by atoms with Crippen LogP contribution in [0.3, 0.4) is 0 Å². The molecule has 0 N–H and O–H groups in total. The molecule has 0 radical (unpaired) electrons. The zero-order valence-electron chi connectivity index (χ0n) is 45.3. The zero-order valence-corrected chi connectivity index (χ0v) is 47.7. The van der Waals surface area contributed by atoms with Gasteiger partial charge in [-0.15, -0.1) is 34.0 Å². The first-order valence-electron chi connectivity index (χ1n) is 28.8. The molecule has 3 aliphatic rings. The van der Waals surface area contributed by atoms with Crippen LogP contribution >= 0.6 is 34.0 Å². The van der Waals surface area contributed by atoms with Gasteiger partial charge in [0.15, 0.2) is 0 Å². The first kappa shape index (κ1) is 46.9. The van der Waals surface area contributed by atoms with Gasteiger partial charge in [-0.3, -0.25) is 0 Å². The van der Waals surface area contributed by atoms with Gasteiger partial charge in [0.1, 0.15) is 0 Å². The van der Waals surface area contributed by atoms with Crippen LogP contribution < -0.4 is 0 Å². The van der Waals surface area contributed by atoms with Crippen LogP contribution in [0.2, 0.25) is 0 Å². The van der Waals surface area contributed by atoms with E-state index in [9.17, 15) is 0 Å². The van der Waals surface area contributed by atoms with E-state index < -0.39 is 0 Å². The second-order valence-electron chi connectivity index (χ2n) is 22.7. The lowest BCUT2D eigenvalue weighted by molar-refractivity contribution is 0.473. The Hall–Kier alpha value is -7.14. The summed E-state index contributed by atoms with van der Waals surface area (Å²) < 4.78 is 8.19. The number of hydrogen-bond acceptors (Lipinski definition) is 3. The molecule has 10 aromatic carbocycles. The van der Waals surface area contributed by atoms with Gasteiger partial charge in [-0.05, 0) is 175 Å². The van der Waals surface area contributed by atoms with Crippen molar-refractivity contribution in [1.82, 2.24) is 0 Å². The summed E-state index contributed by atoms with van der Waals surface area (Å²) in [5, 5.41) is 8.11. The summed E-state index contributed by atoms with van der Waals surface area (Å²) >= 11 is 5.84. The maximum atomic E-state index is 2.67. The normalized spacial score (nSPS) is 15.2. The highest BCUT2D eigenvalue weighted by Crippen LogP contribution is 2.71. The average molecular weight is 1060 g/mol. The zero-order chi connectivity index (χ0) is 52.4. The Morgan fingerprint density at radius 3 is 0.821 bits per heavy atom. The van der Waals surface area contributed by atoms with Gasteiger partial charge in [0, 0.05) is 76.8 Å². The minimum atomic E-state index is -0.188. The van der Waals surface area contributed by atoms with Gasteiger partial charge in [-0.25, -0.2) is 0 Å². The van der Waals surface area contributed by atoms with Gasteiger partial charge in [0.05, 0.1) is 0 Å². The fraction of sp³-hybridized carbons (Fsp3) is 0.200. The molecule has 0 spiro atoms. The van der Waals surface area contributed by atoms with E-state index in [2.05, 4.69) is 224 Å². The Morgan fingerprint density at radius 1 is 0.269 bits per heavy atom. The topological polar surface area (TPSA) is 0 Å². The van der Waals surface area contributed by atoms with Crippen LogP contribution in [0.4, 0.5) is 0 Å². The average Bonchev–Trinajstić information content (AvgIpc) is 3.07. The number of hydrogen-bond donors (Lipinski definition) is 0. The summed E-state index contributed by atoms with van der Waals surface area (Å²) in [6.07, 6.45) is 6.18. The van der Waals surface area contributed by atoms with Crippen LogP contribution in [0.15, 0.2) is 182 Å². The van der Waals surface area contributed by atoms with Crippen molar-refractivity contribution in [3.63, 3.8) is 0 Å². The van der Waals surface area contributed by atoms with Crippen LogP contribution in [0, 0.1) is 0 Å². The highest BCUT2D eigenvalue weighted by Gasteiger charge is 2.56. The first-order valence-corrected chi connectivity index (χ1v) is 31.2. The van der Waals surface area contributed by atoms with Crippen molar-refractivity contribution in [3.8, 4) is 66.8 Å². The van der Waals surface area contributed by atoms with E-state index in [0.717, 1.165) is 38.5 Å². The third-order valence-corrected chi connectivity index (χ3v) is 23.8. The fourth-order valence-corrected chi connectivity index (χ4v) is 20.0. The smallest absolute Gasteiger partial charge is 0.0433 e. The van der Waals surface area contributed by atoms with Crippen molar-refractivity contribution in [3.05, 3.63) is 215 Å². The molecule has 0 nitrogen and oxygen atoms in total. The Bertz CT molecular complexity index is 4210. The Morgan fingerprint density at radius 2 is 0.538 bits per heavy atom.